The van der Waals surface area contributed by atoms with E-state index >= 15 is 0 Å². The van der Waals surface area contributed by atoms with Crippen LogP contribution in [0.15, 0.2) is 18.2 Å². The highest BCUT2D eigenvalue weighted by molar-refractivity contribution is 5.91. The number of carbonyl (C=O) groups is 1. The van der Waals surface area contributed by atoms with Gasteiger partial charge in [0.05, 0.1) is 0 Å². The number of phenols is 1. The molecule has 4 nitrogen and oxygen atoms in total. The summed E-state index contributed by atoms with van der Waals surface area (Å²) in [6.45, 7) is -3.11. The van der Waals surface area contributed by atoms with Gasteiger partial charge in [-0.15, -0.1) is 0 Å². The van der Waals surface area contributed by atoms with E-state index in [2.05, 4.69) is 4.74 Å². The summed E-state index contributed by atoms with van der Waals surface area (Å²) in [6.07, 6.45) is 0. The van der Waals surface area contributed by atoms with Crippen LogP contribution in [0.2, 0.25) is 0 Å². The van der Waals surface area contributed by atoms with Gasteiger partial charge in [0, 0.05) is 0 Å². The lowest BCUT2D eigenvalue weighted by molar-refractivity contribution is -0.0513. The zero-order valence-corrected chi connectivity index (χ0v) is 6.78. The zero-order valence-electron chi connectivity index (χ0n) is 6.78. The quantitative estimate of drug-likeness (QED) is 0.786. The third kappa shape index (κ3) is 2.09. The molecule has 6 heteroatoms. The summed E-state index contributed by atoms with van der Waals surface area (Å²) in [5, 5.41) is 17.7. The Morgan fingerprint density at radius 3 is 2.57 bits per heavy atom. The van der Waals surface area contributed by atoms with Crippen molar-refractivity contribution in [1.29, 1.82) is 0 Å². The number of halogens is 2. The second-order valence-corrected chi connectivity index (χ2v) is 2.34. The maximum atomic E-state index is 11.8. The van der Waals surface area contributed by atoms with Crippen LogP contribution in [0, 0.1) is 0 Å². The van der Waals surface area contributed by atoms with Gasteiger partial charge in [0.1, 0.15) is 5.56 Å². The van der Waals surface area contributed by atoms with Gasteiger partial charge in [-0.25, -0.2) is 4.79 Å². The molecule has 2 N–H and O–H groups in total. The minimum atomic E-state index is -3.11. The molecule has 1 aromatic carbocycles. The molecule has 0 spiro atoms. The van der Waals surface area contributed by atoms with Crippen molar-refractivity contribution in [2.45, 2.75) is 6.61 Å². The Morgan fingerprint density at radius 1 is 1.43 bits per heavy atom. The maximum Gasteiger partial charge on any atom is 0.387 e. The Labute approximate surface area is 77.4 Å². The van der Waals surface area contributed by atoms with Crippen LogP contribution in [0.4, 0.5) is 8.78 Å². The molecule has 0 aliphatic heterocycles. The molecule has 0 atom stereocenters. The van der Waals surface area contributed by atoms with Gasteiger partial charge in [0.25, 0.3) is 0 Å². The summed E-state index contributed by atoms with van der Waals surface area (Å²) < 4.78 is 27.4. The first-order valence-corrected chi connectivity index (χ1v) is 3.52. The van der Waals surface area contributed by atoms with Crippen LogP contribution in [-0.2, 0) is 0 Å². The Hall–Kier alpha value is -1.85. The van der Waals surface area contributed by atoms with E-state index in [4.69, 9.17) is 10.2 Å². The molecule has 0 aliphatic rings. The molecular formula is C8H6F2O4. The van der Waals surface area contributed by atoms with Crippen LogP contribution in [0.3, 0.4) is 0 Å². The second-order valence-electron chi connectivity index (χ2n) is 2.34. The van der Waals surface area contributed by atoms with E-state index in [1.165, 1.54) is 6.07 Å². The van der Waals surface area contributed by atoms with E-state index in [1.807, 2.05) is 0 Å². The van der Waals surface area contributed by atoms with Gasteiger partial charge in [0.15, 0.2) is 11.5 Å². The average molecular weight is 204 g/mol. The van der Waals surface area contributed by atoms with E-state index in [0.717, 1.165) is 12.1 Å². The van der Waals surface area contributed by atoms with Crippen molar-refractivity contribution in [3.05, 3.63) is 23.8 Å². The molecule has 0 unspecified atom stereocenters. The number of hydrogen-bond acceptors (Lipinski definition) is 3. The third-order valence-corrected chi connectivity index (χ3v) is 1.45. The summed E-state index contributed by atoms with van der Waals surface area (Å²) in [6, 6.07) is 3.32. The molecule has 0 radical (unpaired) electrons. The first-order chi connectivity index (χ1) is 6.52. The van der Waals surface area contributed by atoms with E-state index in [-0.39, 0.29) is 0 Å². The van der Waals surface area contributed by atoms with Gasteiger partial charge in [-0.1, -0.05) is 6.07 Å². The molecule has 0 saturated carbocycles. The SMILES string of the molecule is O=C(O)c1cccc(OC(F)F)c1O. The van der Waals surface area contributed by atoms with Gasteiger partial charge in [-0.3, -0.25) is 0 Å². The summed E-state index contributed by atoms with van der Waals surface area (Å²) in [5.41, 5.74) is -0.483. The number of ether oxygens (including phenoxy) is 1. The van der Waals surface area contributed by atoms with Gasteiger partial charge in [-0.2, -0.15) is 8.78 Å². The van der Waals surface area contributed by atoms with Crippen LogP contribution in [0.5, 0.6) is 11.5 Å². The second kappa shape index (κ2) is 3.91. The van der Waals surface area contributed by atoms with Crippen molar-refractivity contribution in [3.63, 3.8) is 0 Å². The fourth-order valence-corrected chi connectivity index (χ4v) is 0.886. The Morgan fingerprint density at radius 2 is 2.07 bits per heavy atom. The van der Waals surface area contributed by atoms with Crippen LogP contribution in [0.1, 0.15) is 10.4 Å². The molecule has 14 heavy (non-hydrogen) atoms. The van der Waals surface area contributed by atoms with Crippen molar-refractivity contribution in [2.75, 3.05) is 0 Å². The molecule has 76 valence electrons. The summed E-state index contributed by atoms with van der Waals surface area (Å²) in [5.74, 6) is -2.78. The first-order valence-electron chi connectivity index (χ1n) is 3.52. The van der Waals surface area contributed by atoms with Crippen molar-refractivity contribution in [3.8, 4) is 11.5 Å². The molecule has 0 saturated heterocycles. The van der Waals surface area contributed by atoms with Crippen molar-refractivity contribution in [2.24, 2.45) is 0 Å². The number of para-hydroxylation sites is 1. The summed E-state index contributed by atoms with van der Waals surface area (Å²) in [7, 11) is 0. The van der Waals surface area contributed by atoms with Crippen LogP contribution in [-0.4, -0.2) is 22.8 Å². The van der Waals surface area contributed by atoms with Crippen molar-refractivity contribution in [1.82, 2.24) is 0 Å². The normalized spacial score (nSPS) is 10.2. The highest BCUT2D eigenvalue weighted by Gasteiger charge is 2.16. The summed E-state index contributed by atoms with van der Waals surface area (Å²) in [4.78, 5) is 10.5. The number of alkyl halides is 2. The smallest absolute Gasteiger partial charge is 0.387 e. The summed E-state index contributed by atoms with van der Waals surface area (Å²) >= 11 is 0. The molecular weight excluding hydrogens is 198 g/mol. The molecule has 0 aromatic heterocycles. The number of carboxylic acids is 1. The molecule has 1 rings (SSSR count). The Kier molecular flexibility index (Phi) is 2.85. The fraction of sp³-hybridized carbons (Fsp3) is 0.125. The third-order valence-electron chi connectivity index (χ3n) is 1.45. The molecule has 0 bridgehead atoms. The van der Waals surface area contributed by atoms with Crippen LogP contribution < -0.4 is 4.74 Å². The number of benzene rings is 1. The largest absolute Gasteiger partial charge is 0.504 e. The van der Waals surface area contributed by atoms with Gasteiger partial charge >= 0.3 is 12.6 Å². The molecule has 1 aromatic rings. The standard InChI is InChI=1S/C8H6F2O4/c9-8(10)14-5-3-1-2-4(6(5)11)7(12)13/h1-3,8,11H,(H,12,13). The van der Waals surface area contributed by atoms with Crippen molar-refractivity contribution < 1.29 is 28.5 Å². The number of aromatic carboxylic acids is 1. The number of carboxylic acid groups (broad SMARTS) is 1. The van der Waals surface area contributed by atoms with Gasteiger partial charge in [-0.05, 0) is 12.1 Å². The van der Waals surface area contributed by atoms with E-state index < -0.39 is 29.6 Å². The predicted molar refractivity (Wildman–Crippen MR) is 41.7 cm³/mol. The lowest BCUT2D eigenvalue weighted by Gasteiger charge is -2.07. The van der Waals surface area contributed by atoms with E-state index in [9.17, 15) is 13.6 Å². The predicted octanol–water partition coefficient (Wildman–Crippen LogP) is 1.69. The Bertz CT molecular complexity index is 351. The minimum absolute atomic E-state index is 0.483. The Balaban J connectivity index is 3.07. The minimum Gasteiger partial charge on any atom is -0.504 e. The number of rotatable bonds is 3. The molecule has 0 fully saturated rings. The number of hydrogen-bond donors (Lipinski definition) is 2. The lowest BCUT2D eigenvalue weighted by atomic mass is 10.2. The van der Waals surface area contributed by atoms with Crippen LogP contribution in [0.25, 0.3) is 0 Å². The number of aromatic hydroxyl groups is 1. The fourth-order valence-electron chi connectivity index (χ4n) is 0.886. The van der Waals surface area contributed by atoms with Crippen molar-refractivity contribution >= 4 is 5.97 Å². The topological polar surface area (TPSA) is 66.8 Å². The molecule has 0 aliphatic carbocycles. The van der Waals surface area contributed by atoms with E-state index in [1.54, 1.807) is 0 Å². The highest BCUT2D eigenvalue weighted by Crippen LogP contribution is 2.30. The highest BCUT2D eigenvalue weighted by atomic mass is 19.3. The maximum absolute atomic E-state index is 11.8. The zero-order chi connectivity index (χ0) is 10.7. The monoisotopic (exact) mass is 204 g/mol. The average Bonchev–Trinajstić information content (AvgIpc) is 2.07. The first kappa shape index (κ1) is 10.2. The van der Waals surface area contributed by atoms with Gasteiger partial charge < -0.3 is 14.9 Å². The van der Waals surface area contributed by atoms with Crippen LogP contribution >= 0.6 is 0 Å². The molecule has 0 heterocycles. The van der Waals surface area contributed by atoms with E-state index in [0.29, 0.717) is 0 Å². The van der Waals surface area contributed by atoms with Gasteiger partial charge in [0.2, 0.25) is 0 Å². The lowest BCUT2D eigenvalue weighted by Crippen LogP contribution is -2.04. The molecule has 0 amide bonds.